The molecular weight excluding hydrogens is 216 g/mol. The Balaban J connectivity index is 3.79. The van der Waals surface area contributed by atoms with Crippen molar-refractivity contribution in [2.75, 3.05) is 0 Å². The van der Waals surface area contributed by atoms with Gasteiger partial charge in [-0.3, -0.25) is 9.59 Å². The molecule has 6 nitrogen and oxygen atoms in total. The zero-order valence-corrected chi connectivity index (χ0v) is 8.67. The van der Waals surface area contributed by atoms with Crippen LogP contribution in [-0.2, 0) is 19.1 Å². The Hall–Kier alpha value is -1.66. The van der Waals surface area contributed by atoms with Crippen molar-refractivity contribution in [2.24, 2.45) is 0 Å². The molecule has 0 radical (unpaired) electrons. The van der Waals surface area contributed by atoms with Crippen molar-refractivity contribution >= 4 is 11.9 Å². The summed E-state index contributed by atoms with van der Waals surface area (Å²) in [6.07, 6.45) is -1.24. The summed E-state index contributed by atoms with van der Waals surface area (Å²) in [7, 11) is 0. The first-order valence-electron chi connectivity index (χ1n) is 4.49. The fourth-order valence-electron chi connectivity index (χ4n) is 0.688. The van der Waals surface area contributed by atoms with E-state index in [1.807, 2.05) is 0 Å². The van der Waals surface area contributed by atoms with E-state index < -0.39 is 24.5 Å². The first kappa shape index (κ1) is 14.3. The van der Waals surface area contributed by atoms with Crippen molar-refractivity contribution < 1.29 is 29.3 Å². The van der Waals surface area contributed by atoms with Gasteiger partial charge in [0, 0.05) is 0 Å². The molecule has 0 aliphatic rings. The Bertz CT molecular complexity index is 244. The largest absolute Gasteiger partial charge is 0.432 e. The van der Waals surface area contributed by atoms with Gasteiger partial charge in [-0.25, -0.2) is 0 Å². The van der Waals surface area contributed by atoms with E-state index in [4.69, 9.17) is 10.2 Å². The molecule has 0 saturated carbocycles. The van der Waals surface area contributed by atoms with E-state index in [1.54, 1.807) is 0 Å². The van der Waals surface area contributed by atoms with Crippen LogP contribution in [0.3, 0.4) is 0 Å². The lowest BCUT2D eigenvalue weighted by atomic mass is 10.3. The Morgan fingerprint density at radius 2 is 1.31 bits per heavy atom. The number of aliphatic hydroxyl groups excluding tert-OH is 2. The lowest BCUT2D eigenvalue weighted by Crippen LogP contribution is -2.18. The van der Waals surface area contributed by atoms with E-state index in [0.717, 1.165) is 12.2 Å². The highest BCUT2D eigenvalue weighted by atomic mass is 16.6. The monoisotopic (exact) mass is 230 g/mol. The van der Waals surface area contributed by atoms with Gasteiger partial charge in [-0.2, -0.15) is 0 Å². The molecule has 0 heterocycles. The summed E-state index contributed by atoms with van der Waals surface area (Å²) in [6, 6.07) is 0. The molecule has 0 aliphatic carbocycles. The van der Waals surface area contributed by atoms with Gasteiger partial charge in [0.2, 0.25) is 12.6 Å². The number of carbonyl (C=O) groups excluding carboxylic acids is 2. The summed E-state index contributed by atoms with van der Waals surface area (Å²) < 4.78 is 8.78. The van der Waals surface area contributed by atoms with E-state index in [9.17, 15) is 9.59 Å². The number of hydrogen-bond acceptors (Lipinski definition) is 6. The number of aliphatic hydroxyl groups is 2. The van der Waals surface area contributed by atoms with Gasteiger partial charge in [0.05, 0.1) is 12.8 Å². The summed E-state index contributed by atoms with van der Waals surface area (Å²) in [4.78, 5) is 21.9. The maximum atomic E-state index is 11.0. The number of carbonyl (C=O) groups is 2. The minimum Gasteiger partial charge on any atom is -0.432 e. The highest BCUT2D eigenvalue weighted by Gasteiger charge is 2.13. The Kier molecular flexibility index (Phi) is 6.82. The molecule has 0 aromatic heterocycles. The third-order valence-electron chi connectivity index (χ3n) is 1.44. The molecule has 0 saturated heterocycles. The maximum absolute atomic E-state index is 11.0. The number of esters is 2. The molecule has 0 fully saturated rings. The van der Waals surface area contributed by atoms with Crippen LogP contribution in [0.25, 0.3) is 0 Å². The first-order chi connectivity index (χ1) is 7.49. The molecule has 90 valence electrons. The minimum atomic E-state index is -1.39. The van der Waals surface area contributed by atoms with Crippen LogP contribution in [-0.4, -0.2) is 34.7 Å². The highest BCUT2D eigenvalue weighted by Crippen LogP contribution is 2.00. The van der Waals surface area contributed by atoms with Crippen molar-refractivity contribution in [2.45, 2.75) is 25.4 Å². The molecular formula is C10H14O6. The molecule has 0 bridgehead atoms. The summed E-state index contributed by atoms with van der Waals surface area (Å²) in [5.41, 5.74) is 0. The van der Waals surface area contributed by atoms with E-state index in [-0.39, 0.29) is 12.8 Å². The van der Waals surface area contributed by atoms with Crippen LogP contribution in [0.15, 0.2) is 25.3 Å². The van der Waals surface area contributed by atoms with Crippen LogP contribution >= 0.6 is 0 Å². The molecule has 2 unspecified atom stereocenters. The quantitative estimate of drug-likeness (QED) is 0.359. The summed E-state index contributed by atoms with van der Waals surface area (Å²) in [5, 5.41) is 17.7. The predicted octanol–water partition coefficient (Wildman–Crippen LogP) is -0.138. The number of hydrogen-bond donors (Lipinski definition) is 2. The fraction of sp³-hybridized carbons (Fsp3) is 0.400. The van der Waals surface area contributed by atoms with Gasteiger partial charge in [0.25, 0.3) is 0 Å². The van der Waals surface area contributed by atoms with Gasteiger partial charge in [-0.1, -0.05) is 13.2 Å². The second-order valence-corrected chi connectivity index (χ2v) is 2.73. The average Bonchev–Trinajstić information content (AvgIpc) is 2.26. The molecule has 0 spiro atoms. The molecule has 16 heavy (non-hydrogen) atoms. The van der Waals surface area contributed by atoms with E-state index in [0.29, 0.717) is 0 Å². The molecule has 2 N–H and O–H groups in total. The zero-order valence-electron chi connectivity index (χ0n) is 8.67. The lowest BCUT2D eigenvalue weighted by Gasteiger charge is -2.08. The molecule has 0 aromatic carbocycles. The smallest absolute Gasteiger partial charge is 0.308 e. The second kappa shape index (κ2) is 7.61. The molecule has 0 aromatic rings. The van der Waals surface area contributed by atoms with Gasteiger partial charge in [0.15, 0.2) is 0 Å². The van der Waals surface area contributed by atoms with Crippen LogP contribution in [0.4, 0.5) is 0 Å². The van der Waals surface area contributed by atoms with Gasteiger partial charge >= 0.3 is 11.9 Å². The Labute approximate surface area is 92.8 Å². The molecule has 2 atom stereocenters. The molecule has 0 rings (SSSR count). The van der Waals surface area contributed by atoms with Crippen LogP contribution in [0, 0.1) is 0 Å². The molecule has 0 aliphatic heterocycles. The van der Waals surface area contributed by atoms with Crippen molar-refractivity contribution in [3.05, 3.63) is 25.3 Å². The van der Waals surface area contributed by atoms with Crippen LogP contribution in [0.1, 0.15) is 12.8 Å². The van der Waals surface area contributed by atoms with Crippen LogP contribution in [0.2, 0.25) is 0 Å². The van der Waals surface area contributed by atoms with Gasteiger partial charge < -0.3 is 19.7 Å². The van der Waals surface area contributed by atoms with E-state index in [2.05, 4.69) is 22.6 Å². The number of ether oxygens (including phenoxy) is 2. The number of rotatable bonds is 7. The summed E-state index contributed by atoms with van der Waals surface area (Å²) in [5.74, 6) is -1.53. The van der Waals surface area contributed by atoms with Crippen molar-refractivity contribution in [3.63, 3.8) is 0 Å². The first-order valence-corrected chi connectivity index (χ1v) is 4.49. The van der Waals surface area contributed by atoms with Crippen molar-refractivity contribution in [3.8, 4) is 0 Å². The van der Waals surface area contributed by atoms with Gasteiger partial charge in [0.1, 0.15) is 0 Å². The van der Waals surface area contributed by atoms with Crippen molar-refractivity contribution in [1.82, 2.24) is 0 Å². The van der Waals surface area contributed by atoms with Crippen LogP contribution in [0.5, 0.6) is 0 Å². The molecule has 6 heteroatoms. The van der Waals surface area contributed by atoms with Crippen molar-refractivity contribution in [1.29, 1.82) is 0 Å². The maximum Gasteiger partial charge on any atom is 0.308 e. The fourth-order valence-corrected chi connectivity index (χ4v) is 0.688. The Morgan fingerprint density at radius 1 is 1.00 bits per heavy atom. The average molecular weight is 230 g/mol. The SMILES string of the molecule is C=CC(O)OC(=O)CCC(=O)OC(O)C=C. The standard InChI is InChI=1S/C10H14O6/c1-3-7(11)15-9(13)5-6-10(14)16-8(12)4-2/h3-4,7-8,11-12H,1-2,5-6H2. The third kappa shape index (κ3) is 6.74. The normalized spacial score (nSPS) is 13.4. The predicted molar refractivity (Wildman–Crippen MR) is 53.8 cm³/mol. The third-order valence-corrected chi connectivity index (χ3v) is 1.44. The van der Waals surface area contributed by atoms with E-state index >= 15 is 0 Å². The summed E-state index contributed by atoms with van der Waals surface area (Å²) in [6.45, 7) is 6.39. The minimum absolute atomic E-state index is 0.256. The summed E-state index contributed by atoms with van der Waals surface area (Å²) >= 11 is 0. The van der Waals surface area contributed by atoms with Gasteiger partial charge in [-0.05, 0) is 12.2 Å². The Morgan fingerprint density at radius 3 is 1.56 bits per heavy atom. The topological polar surface area (TPSA) is 93.1 Å². The van der Waals surface area contributed by atoms with Gasteiger partial charge in [-0.15, -0.1) is 0 Å². The van der Waals surface area contributed by atoms with E-state index in [1.165, 1.54) is 0 Å². The lowest BCUT2D eigenvalue weighted by molar-refractivity contribution is -0.168. The highest BCUT2D eigenvalue weighted by molar-refractivity contribution is 5.77. The zero-order chi connectivity index (χ0) is 12.6. The molecule has 0 amide bonds. The van der Waals surface area contributed by atoms with Crippen LogP contribution < -0.4 is 0 Å². The second-order valence-electron chi connectivity index (χ2n) is 2.73.